The van der Waals surface area contributed by atoms with Crippen LogP contribution in [-0.4, -0.2) is 36.6 Å². The molecule has 0 fully saturated rings. The molecule has 2 nitrogen and oxygen atoms in total. The maximum absolute atomic E-state index is 3.59. The second-order valence-electron chi connectivity index (χ2n) is 6.18. The Morgan fingerprint density at radius 2 is 1.75 bits per heavy atom. The maximum Gasteiger partial charge on any atom is 0.0102 e. The highest BCUT2D eigenvalue weighted by Crippen LogP contribution is 2.11. The van der Waals surface area contributed by atoms with Gasteiger partial charge in [0.25, 0.3) is 0 Å². The molecule has 2 atom stereocenters. The van der Waals surface area contributed by atoms with E-state index in [2.05, 4.69) is 58.8 Å². The quantitative estimate of drug-likeness (QED) is 0.720. The van der Waals surface area contributed by atoms with Crippen LogP contribution in [0.5, 0.6) is 0 Å². The first kappa shape index (κ1) is 15.9. The zero-order valence-corrected chi connectivity index (χ0v) is 12.4. The zero-order chi connectivity index (χ0) is 12.8. The molecule has 2 heteroatoms. The van der Waals surface area contributed by atoms with E-state index in [1.54, 1.807) is 0 Å². The summed E-state index contributed by atoms with van der Waals surface area (Å²) in [6.45, 7) is 15.9. The van der Waals surface area contributed by atoms with E-state index in [1.165, 1.54) is 19.4 Å². The van der Waals surface area contributed by atoms with Crippen LogP contribution in [0.25, 0.3) is 0 Å². The molecule has 1 N–H and O–H groups in total. The van der Waals surface area contributed by atoms with Crippen LogP contribution in [-0.2, 0) is 0 Å². The summed E-state index contributed by atoms with van der Waals surface area (Å²) in [5, 5.41) is 3.59. The van der Waals surface area contributed by atoms with Crippen molar-refractivity contribution in [2.45, 2.75) is 66.0 Å². The van der Waals surface area contributed by atoms with Crippen molar-refractivity contribution in [2.24, 2.45) is 5.92 Å². The molecular formula is C14H32N2. The number of hydrogen-bond acceptors (Lipinski definition) is 2. The molecule has 0 aliphatic rings. The average Bonchev–Trinajstić information content (AvgIpc) is 2.20. The minimum atomic E-state index is 0.232. The molecule has 0 spiro atoms. The normalized spacial score (nSPS) is 16.5. The molecular weight excluding hydrogens is 196 g/mol. The van der Waals surface area contributed by atoms with Crippen molar-refractivity contribution in [3.8, 4) is 0 Å². The first-order valence-electron chi connectivity index (χ1n) is 6.73. The van der Waals surface area contributed by atoms with Crippen LogP contribution < -0.4 is 5.32 Å². The largest absolute Gasteiger partial charge is 0.312 e. The fraction of sp³-hybridized carbons (Fsp3) is 1.00. The standard InChI is InChI=1S/C14H32N2/c1-8-9-10-16(7)13(3)12(2)11-15-14(4,5)6/h12-13,15H,8-11H2,1-7H3. The fourth-order valence-electron chi connectivity index (χ4n) is 1.68. The molecule has 0 bridgehead atoms. The number of rotatable bonds is 7. The summed E-state index contributed by atoms with van der Waals surface area (Å²) in [6.07, 6.45) is 2.59. The molecule has 0 heterocycles. The second kappa shape index (κ2) is 7.29. The van der Waals surface area contributed by atoms with Crippen molar-refractivity contribution in [1.82, 2.24) is 10.2 Å². The van der Waals surface area contributed by atoms with E-state index >= 15 is 0 Å². The van der Waals surface area contributed by atoms with Crippen molar-refractivity contribution in [3.63, 3.8) is 0 Å². The summed E-state index contributed by atoms with van der Waals surface area (Å²) >= 11 is 0. The summed E-state index contributed by atoms with van der Waals surface area (Å²) in [5.41, 5.74) is 0.232. The summed E-state index contributed by atoms with van der Waals surface area (Å²) < 4.78 is 0. The van der Waals surface area contributed by atoms with Crippen LogP contribution >= 0.6 is 0 Å². The molecule has 0 aromatic heterocycles. The molecule has 0 saturated heterocycles. The number of hydrogen-bond donors (Lipinski definition) is 1. The molecule has 0 aliphatic heterocycles. The Hall–Kier alpha value is -0.0800. The Balaban J connectivity index is 3.92. The van der Waals surface area contributed by atoms with Gasteiger partial charge in [0.1, 0.15) is 0 Å². The summed E-state index contributed by atoms with van der Waals surface area (Å²) in [4.78, 5) is 2.48. The topological polar surface area (TPSA) is 15.3 Å². The zero-order valence-electron chi connectivity index (χ0n) is 12.4. The smallest absolute Gasteiger partial charge is 0.0102 e. The van der Waals surface area contributed by atoms with E-state index in [1.807, 2.05) is 0 Å². The lowest BCUT2D eigenvalue weighted by Gasteiger charge is -2.32. The second-order valence-corrected chi connectivity index (χ2v) is 6.18. The Bertz CT molecular complexity index is 172. The van der Waals surface area contributed by atoms with E-state index in [9.17, 15) is 0 Å². The van der Waals surface area contributed by atoms with Crippen molar-refractivity contribution in [1.29, 1.82) is 0 Å². The molecule has 16 heavy (non-hydrogen) atoms. The van der Waals surface area contributed by atoms with E-state index < -0.39 is 0 Å². The number of nitrogens with one attached hydrogen (secondary N) is 1. The monoisotopic (exact) mass is 228 g/mol. The lowest BCUT2D eigenvalue weighted by Crippen LogP contribution is -2.44. The third-order valence-corrected chi connectivity index (χ3v) is 3.34. The minimum Gasteiger partial charge on any atom is -0.312 e. The highest BCUT2D eigenvalue weighted by molar-refractivity contribution is 4.77. The van der Waals surface area contributed by atoms with Crippen molar-refractivity contribution < 1.29 is 0 Å². The summed E-state index contributed by atoms with van der Waals surface area (Å²) in [7, 11) is 2.24. The van der Waals surface area contributed by atoms with E-state index in [-0.39, 0.29) is 5.54 Å². The van der Waals surface area contributed by atoms with Gasteiger partial charge >= 0.3 is 0 Å². The van der Waals surface area contributed by atoms with E-state index in [0.29, 0.717) is 12.0 Å². The lowest BCUT2D eigenvalue weighted by atomic mass is 10.00. The predicted molar refractivity (Wildman–Crippen MR) is 73.9 cm³/mol. The fourth-order valence-corrected chi connectivity index (χ4v) is 1.68. The van der Waals surface area contributed by atoms with Crippen LogP contribution in [0.2, 0.25) is 0 Å². The van der Waals surface area contributed by atoms with Gasteiger partial charge in [0, 0.05) is 11.6 Å². The highest BCUT2D eigenvalue weighted by atomic mass is 15.1. The van der Waals surface area contributed by atoms with Gasteiger partial charge in [-0.05, 0) is 60.2 Å². The minimum absolute atomic E-state index is 0.232. The first-order valence-corrected chi connectivity index (χ1v) is 6.73. The highest BCUT2D eigenvalue weighted by Gasteiger charge is 2.18. The molecule has 0 aromatic rings. The number of unbranched alkanes of at least 4 members (excludes halogenated alkanes) is 1. The Kier molecular flexibility index (Phi) is 7.25. The van der Waals surface area contributed by atoms with Gasteiger partial charge < -0.3 is 10.2 Å². The van der Waals surface area contributed by atoms with Gasteiger partial charge in [-0.2, -0.15) is 0 Å². The SMILES string of the molecule is CCCCN(C)C(C)C(C)CNC(C)(C)C. The maximum atomic E-state index is 3.59. The van der Waals surface area contributed by atoms with Crippen LogP contribution in [0.15, 0.2) is 0 Å². The van der Waals surface area contributed by atoms with E-state index in [0.717, 1.165) is 6.54 Å². The molecule has 0 aliphatic carbocycles. The molecule has 0 aromatic carbocycles. The number of nitrogens with zero attached hydrogens (tertiary/aromatic N) is 1. The first-order chi connectivity index (χ1) is 7.28. The summed E-state index contributed by atoms with van der Waals surface area (Å²) in [5.74, 6) is 0.695. The summed E-state index contributed by atoms with van der Waals surface area (Å²) in [6, 6.07) is 0.654. The Labute approximate surface area is 103 Å². The molecule has 2 unspecified atom stereocenters. The third-order valence-electron chi connectivity index (χ3n) is 3.34. The van der Waals surface area contributed by atoms with Gasteiger partial charge in [-0.1, -0.05) is 20.3 Å². The average molecular weight is 228 g/mol. The third kappa shape index (κ3) is 7.24. The van der Waals surface area contributed by atoms with Gasteiger partial charge in [-0.3, -0.25) is 0 Å². The van der Waals surface area contributed by atoms with Crippen molar-refractivity contribution in [2.75, 3.05) is 20.1 Å². The lowest BCUT2D eigenvalue weighted by molar-refractivity contribution is 0.187. The van der Waals surface area contributed by atoms with Gasteiger partial charge in [-0.25, -0.2) is 0 Å². The molecule has 0 saturated carbocycles. The van der Waals surface area contributed by atoms with Crippen LogP contribution in [0.3, 0.4) is 0 Å². The molecule has 0 amide bonds. The van der Waals surface area contributed by atoms with Gasteiger partial charge in [-0.15, -0.1) is 0 Å². The molecule has 0 radical (unpaired) electrons. The molecule has 0 rings (SSSR count). The van der Waals surface area contributed by atoms with Crippen molar-refractivity contribution in [3.05, 3.63) is 0 Å². The van der Waals surface area contributed by atoms with Crippen LogP contribution in [0, 0.1) is 5.92 Å². The Morgan fingerprint density at radius 3 is 2.19 bits per heavy atom. The van der Waals surface area contributed by atoms with Gasteiger partial charge in [0.05, 0.1) is 0 Å². The van der Waals surface area contributed by atoms with Crippen LogP contribution in [0.4, 0.5) is 0 Å². The van der Waals surface area contributed by atoms with E-state index in [4.69, 9.17) is 0 Å². The predicted octanol–water partition coefficient (Wildman–Crippen LogP) is 3.13. The van der Waals surface area contributed by atoms with Crippen molar-refractivity contribution >= 4 is 0 Å². The van der Waals surface area contributed by atoms with Gasteiger partial charge in [0.2, 0.25) is 0 Å². The molecule has 98 valence electrons. The Morgan fingerprint density at radius 1 is 1.19 bits per heavy atom. The van der Waals surface area contributed by atoms with Crippen LogP contribution in [0.1, 0.15) is 54.4 Å². The van der Waals surface area contributed by atoms with Gasteiger partial charge in [0.15, 0.2) is 0 Å².